The molecule has 2 aliphatic heterocycles. The highest BCUT2D eigenvalue weighted by molar-refractivity contribution is 6.35. The molecule has 0 saturated carbocycles. The van der Waals surface area contributed by atoms with Crippen LogP contribution in [0.3, 0.4) is 0 Å². The molecule has 0 fully saturated rings. The number of nitrogens with zero attached hydrogens (tertiary/aromatic N) is 4. The number of aliphatic imine (C=N–C) groups is 1. The smallest absolute Gasteiger partial charge is 0.144 e. The number of hydrogen-bond donors (Lipinski definition) is 0. The van der Waals surface area contributed by atoms with E-state index in [9.17, 15) is 8.78 Å². The Morgan fingerprint density at radius 1 is 1.03 bits per heavy atom. The van der Waals surface area contributed by atoms with Crippen LogP contribution in [0.15, 0.2) is 53.7 Å². The minimum Gasteiger partial charge on any atom is -0.293 e. The fraction of sp³-hybridized carbons (Fsp3) is 0.240. The maximum atomic E-state index is 14.5. The molecular formula is C25H21ClF2N4. The molecule has 4 nitrogen and oxygen atoms in total. The van der Waals surface area contributed by atoms with Gasteiger partial charge >= 0.3 is 0 Å². The Labute approximate surface area is 190 Å². The van der Waals surface area contributed by atoms with E-state index in [1.807, 2.05) is 30.5 Å². The van der Waals surface area contributed by atoms with Crippen molar-refractivity contribution in [2.75, 3.05) is 19.6 Å². The summed E-state index contributed by atoms with van der Waals surface area (Å²) in [6, 6.07) is 8.33. The van der Waals surface area contributed by atoms with E-state index in [4.69, 9.17) is 16.6 Å². The van der Waals surface area contributed by atoms with E-state index in [1.165, 1.54) is 11.6 Å². The molecule has 0 spiro atoms. The van der Waals surface area contributed by atoms with Crippen molar-refractivity contribution in [3.63, 3.8) is 0 Å². The number of pyridine rings is 2. The minimum absolute atomic E-state index is 0.143. The first kappa shape index (κ1) is 20.9. The van der Waals surface area contributed by atoms with Crippen LogP contribution in [0.2, 0.25) is 5.02 Å². The normalized spacial score (nSPS) is 16.6. The van der Waals surface area contributed by atoms with Crippen LogP contribution in [0.4, 0.5) is 8.78 Å². The third-order valence-electron chi connectivity index (χ3n) is 5.93. The molecule has 0 unspecified atom stereocenters. The second-order valence-corrected chi connectivity index (χ2v) is 8.67. The Balaban J connectivity index is 1.50. The van der Waals surface area contributed by atoms with Crippen molar-refractivity contribution in [3.8, 4) is 0 Å². The minimum atomic E-state index is -0.795. The molecule has 32 heavy (non-hydrogen) atoms. The zero-order valence-corrected chi connectivity index (χ0v) is 18.5. The van der Waals surface area contributed by atoms with Crippen LogP contribution < -0.4 is 0 Å². The zero-order chi connectivity index (χ0) is 22.4. The summed E-state index contributed by atoms with van der Waals surface area (Å²) in [5.41, 5.74) is 5.78. The molecule has 3 aromatic rings. The number of benzene rings is 1. The van der Waals surface area contributed by atoms with Gasteiger partial charge in [-0.05, 0) is 49.2 Å². The van der Waals surface area contributed by atoms with Gasteiger partial charge in [-0.25, -0.2) is 13.8 Å². The molecule has 0 saturated heterocycles. The summed E-state index contributed by atoms with van der Waals surface area (Å²) in [5.74, 6) is -1.50. The second-order valence-electron chi connectivity index (χ2n) is 8.26. The molecule has 2 aromatic heterocycles. The first-order valence-corrected chi connectivity index (χ1v) is 10.9. The van der Waals surface area contributed by atoms with Crippen LogP contribution in [0.25, 0.3) is 22.2 Å². The van der Waals surface area contributed by atoms with Crippen molar-refractivity contribution in [1.82, 2.24) is 14.9 Å². The Kier molecular flexibility index (Phi) is 5.35. The van der Waals surface area contributed by atoms with E-state index in [0.717, 1.165) is 35.8 Å². The monoisotopic (exact) mass is 450 g/mol. The van der Waals surface area contributed by atoms with Crippen molar-refractivity contribution >= 4 is 39.5 Å². The number of rotatable bonds is 4. The number of aromatic nitrogens is 2. The molecule has 2 aliphatic rings. The molecule has 0 bridgehead atoms. The van der Waals surface area contributed by atoms with Crippen LogP contribution in [0, 0.1) is 11.6 Å². The van der Waals surface area contributed by atoms with Crippen molar-refractivity contribution < 1.29 is 8.78 Å². The molecule has 162 valence electrons. The SMILES string of the molecule is CC(C)N1CC=C(c2cnc3ccc(C4=CCN=C4c4cc(Cl)c(F)cc4F)nc3c2)C1. The first-order chi connectivity index (χ1) is 15.4. The predicted octanol–water partition coefficient (Wildman–Crippen LogP) is 5.56. The predicted molar refractivity (Wildman–Crippen MR) is 125 cm³/mol. The molecule has 1 aromatic carbocycles. The lowest BCUT2D eigenvalue weighted by Gasteiger charge is -2.20. The van der Waals surface area contributed by atoms with Gasteiger partial charge < -0.3 is 0 Å². The lowest BCUT2D eigenvalue weighted by molar-refractivity contribution is 0.290. The maximum absolute atomic E-state index is 14.5. The lowest BCUT2D eigenvalue weighted by Crippen LogP contribution is -2.28. The molecule has 4 heterocycles. The van der Waals surface area contributed by atoms with Gasteiger partial charge in [0.15, 0.2) is 0 Å². The van der Waals surface area contributed by atoms with Crippen molar-refractivity contribution in [2.24, 2.45) is 4.99 Å². The Morgan fingerprint density at radius 3 is 2.66 bits per heavy atom. The van der Waals surface area contributed by atoms with Gasteiger partial charge in [0.05, 0.1) is 34.0 Å². The molecule has 0 N–H and O–H groups in total. The van der Waals surface area contributed by atoms with Gasteiger partial charge in [-0.2, -0.15) is 0 Å². The first-order valence-electron chi connectivity index (χ1n) is 10.5. The number of hydrogen-bond acceptors (Lipinski definition) is 4. The molecule has 0 radical (unpaired) electrons. The van der Waals surface area contributed by atoms with Crippen molar-refractivity contribution in [3.05, 3.63) is 82.2 Å². The van der Waals surface area contributed by atoms with E-state index in [2.05, 4.69) is 34.8 Å². The quantitative estimate of drug-likeness (QED) is 0.489. The number of fused-ring (bicyclic) bond motifs is 1. The molecule has 0 aliphatic carbocycles. The third kappa shape index (κ3) is 3.74. The maximum Gasteiger partial charge on any atom is 0.144 e. The third-order valence-corrected chi connectivity index (χ3v) is 6.21. The summed E-state index contributed by atoms with van der Waals surface area (Å²) in [5, 5.41) is -0.143. The fourth-order valence-corrected chi connectivity index (χ4v) is 4.24. The van der Waals surface area contributed by atoms with Gasteiger partial charge in [-0.15, -0.1) is 0 Å². The van der Waals surface area contributed by atoms with Crippen LogP contribution >= 0.6 is 11.6 Å². The van der Waals surface area contributed by atoms with E-state index in [0.29, 0.717) is 29.6 Å². The summed E-state index contributed by atoms with van der Waals surface area (Å²) in [4.78, 5) is 16.2. The zero-order valence-electron chi connectivity index (χ0n) is 17.7. The number of halogens is 3. The van der Waals surface area contributed by atoms with E-state index >= 15 is 0 Å². The van der Waals surface area contributed by atoms with Gasteiger partial charge in [0.2, 0.25) is 0 Å². The van der Waals surface area contributed by atoms with Gasteiger partial charge in [0.1, 0.15) is 11.6 Å². The topological polar surface area (TPSA) is 41.4 Å². The summed E-state index contributed by atoms with van der Waals surface area (Å²) < 4.78 is 28.1. The summed E-state index contributed by atoms with van der Waals surface area (Å²) >= 11 is 5.90. The highest BCUT2D eigenvalue weighted by Gasteiger charge is 2.23. The lowest BCUT2D eigenvalue weighted by atomic mass is 9.99. The molecule has 0 amide bonds. The summed E-state index contributed by atoms with van der Waals surface area (Å²) in [7, 11) is 0. The van der Waals surface area contributed by atoms with Crippen LogP contribution in [0.1, 0.15) is 30.7 Å². The summed E-state index contributed by atoms with van der Waals surface area (Å²) in [6.45, 7) is 6.59. The summed E-state index contributed by atoms with van der Waals surface area (Å²) in [6.07, 6.45) is 6.01. The fourth-order valence-electron chi connectivity index (χ4n) is 4.08. The van der Waals surface area contributed by atoms with E-state index in [-0.39, 0.29) is 10.6 Å². The largest absolute Gasteiger partial charge is 0.293 e. The van der Waals surface area contributed by atoms with E-state index < -0.39 is 11.6 Å². The molecule has 5 rings (SSSR count). The standard InChI is InChI=1S/C25H21ClF2N4/c1-14(2)32-8-6-15(13-32)16-9-24-23(30-12-16)4-3-22(31-24)17-5-7-29-25(17)18-10-19(26)21(28)11-20(18)27/h3-6,9-12,14H,7-8,13H2,1-2H3. The van der Waals surface area contributed by atoms with Gasteiger partial charge in [0, 0.05) is 42.5 Å². The molecule has 7 heteroatoms. The van der Waals surface area contributed by atoms with Crippen LogP contribution in [0.5, 0.6) is 0 Å². The average Bonchev–Trinajstić information content (AvgIpc) is 3.45. The Morgan fingerprint density at radius 2 is 1.88 bits per heavy atom. The average molecular weight is 451 g/mol. The highest BCUT2D eigenvalue weighted by atomic mass is 35.5. The Hall–Kier alpha value is -2.96. The second kappa shape index (κ2) is 8.19. The van der Waals surface area contributed by atoms with Crippen LogP contribution in [-0.4, -0.2) is 46.3 Å². The van der Waals surface area contributed by atoms with Gasteiger partial charge in [0.25, 0.3) is 0 Å². The van der Waals surface area contributed by atoms with Crippen molar-refractivity contribution in [1.29, 1.82) is 0 Å². The van der Waals surface area contributed by atoms with Crippen molar-refractivity contribution in [2.45, 2.75) is 19.9 Å². The molecule has 0 atom stereocenters. The van der Waals surface area contributed by atoms with Gasteiger partial charge in [-0.3, -0.25) is 14.9 Å². The van der Waals surface area contributed by atoms with E-state index in [1.54, 1.807) is 0 Å². The molecular weight excluding hydrogens is 430 g/mol. The number of allylic oxidation sites excluding steroid dienone is 1. The highest BCUT2D eigenvalue weighted by Crippen LogP contribution is 2.30. The van der Waals surface area contributed by atoms with Gasteiger partial charge in [-0.1, -0.05) is 23.8 Å². The Bertz CT molecular complexity index is 1330. The van der Waals surface area contributed by atoms with Crippen LogP contribution in [-0.2, 0) is 0 Å².